The molecule has 0 spiro atoms. The lowest BCUT2D eigenvalue weighted by Gasteiger charge is -2.15. The predicted octanol–water partition coefficient (Wildman–Crippen LogP) is 4.43. The molecule has 1 unspecified atom stereocenters. The van der Waals surface area contributed by atoms with Crippen LogP contribution in [-0.4, -0.2) is 45.6 Å². The molecule has 1 fully saturated rings. The van der Waals surface area contributed by atoms with Crippen LogP contribution in [0.1, 0.15) is 24.6 Å². The van der Waals surface area contributed by atoms with Gasteiger partial charge in [-0.1, -0.05) is 19.1 Å². The number of halogens is 3. The summed E-state index contributed by atoms with van der Waals surface area (Å²) in [5.41, 5.74) is 1.07. The number of alkyl halides is 3. The summed E-state index contributed by atoms with van der Waals surface area (Å²) in [5.74, 6) is 0.475. The zero-order valence-electron chi connectivity index (χ0n) is 15.7. The minimum Gasteiger partial charge on any atom is -0.472 e. The Bertz CT molecular complexity index is 999. The van der Waals surface area contributed by atoms with Crippen LogP contribution in [0.25, 0.3) is 22.2 Å². The summed E-state index contributed by atoms with van der Waals surface area (Å²) in [6, 6.07) is 4.12. The number of ether oxygens (including phenoxy) is 1. The quantitative estimate of drug-likeness (QED) is 0.716. The lowest BCUT2D eigenvalue weighted by molar-refractivity contribution is -0.136. The van der Waals surface area contributed by atoms with Gasteiger partial charge in [-0.15, -0.1) is 0 Å². The lowest BCUT2D eigenvalue weighted by atomic mass is 10.1. The Kier molecular flexibility index (Phi) is 4.74. The van der Waals surface area contributed by atoms with Crippen LogP contribution < -0.4 is 4.74 Å². The Hall–Kier alpha value is -2.61. The topological polar surface area (TPSA) is 54.0 Å². The Morgan fingerprint density at radius 1 is 1.32 bits per heavy atom. The number of likely N-dealkylation sites (tertiary alicyclic amines) is 1. The summed E-state index contributed by atoms with van der Waals surface area (Å²) in [5, 5.41) is 0.464. The maximum atomic E-state index is 13.2. The number of hydrogen-bond donors (Lipinski definition) is 1. The van der Waals surface area contributed by atoms with Gasteiger partial charge in [-0.05, 0) is 26.0 Å². The number of para-hydroxylation sites is 1. The monoisotopic (exact) mass is 390 g/mol. The van der Waals surface area contributed by atoms with Crippen molar-refractivity contribution in [3.8, 4) is 17.1 Å². The number of aromatic amines is 1. The molecule has 1 N–H and O–H groups in total. The Labute approximate surface area is 160 Å². The fourth-order valence-electron chi connectivity index (χ4n) is 3.66. The van der Waals surface area contributed by atoms with Gasteiger partial charge in [0.1, 0.15) is 11.8 Å². The molecule has 1 atom stereocenters. The highest BCUT2D eigenvalue weighted by Gasteiger charge is 2.33. The van der Waals surface area contributed by atoms with Crippen molar-refractivity contribution in [3.63, 3.8) is 0 Å². The molecule has 0 saturated carbocycles. The average molecular weight is 390 g/mol. The van der Waals surface area contributed by atoms with Crippen LogP contribution in [0.5, 0.6) is 5.88 Å². The van der Waals surface area contributed by atoms with Crippen LogP contribution in [0.4, 0.5) is 13.2 Å². The normalized spacial score (nSPS) is 18.1. The van der Waals surface area contributed by atoms with Gasteiger partial charge in [-0.3, -0.25) is 4.90 Å². The second-order valence-corrected chi connectivity index (χ2v) is 7.00. The molecule has 1 aromatic carbocycles. The molecule has 1 saturated heterocycles. The third kappa shape index (κ3) is 3.44. The molecule has 3 aromatic rings. The van der Waals surface area contributed by atoms with Crippen molar-refractivity contribution in [2.75, 3.05) is 19.6 Å². The number of likely N-dealkylation sites (N-methyl/N-ethyl adjacent to an activating group) is 1. The van der Waals surface area contributed by atoms with Gasteiger partial charge in [0.25, 0.3) is 0 Å². The van der Waals surface area contributed by atoms with Gasteiger partial charge >= 0.3 is 6.18 Å². The summed E-state index contributed by atoms with van der Waals surface area (Å²) in [7, 11) is 0. The molecule has 5 nitrogen and oxygen atoms in total. The fraction of sp³-hybridized carbons (Fsp3) is 0.400. The fourth-order valence-corrected chi connectivity index (χ4v) is 3.66. The Morgan fingerprint density at radius 3 is 2.82 bits per heavy atom. The van der Waals surface area contributed by atoms with Crippen molar-refractivity contribution >= 4 is 10.9 Å². The van der Waals surface area contributed by atoms with Gasteiger partial charge < -0.3 is 9.72 Å². The molecule has 0 aliphatic carbocycles. The molecule has 1 aliphatic rings. The smallest absolute Gasteiger partial charge is 0.418 e. The molecule has 2 aromatic heterocycles. The van der Waals surface area contributed by atoms with E-state index in [1.54, 1.807) is 25.4 Å². The number of fused-ring (bicyclic) bond motifs is 1. The van der Waals surface area contributed by atoms with Gasteiger partial charge in [0, 0.05) is 30.2 Å². The van der Waals surface area contributed by atoms with Gasteiger partial charge in [-0.2, -0.15) is 13.2 Å². The Morgan fingerprint density at radius 2 is 2.14 bits per heavy atom. The molecule has 148 valence electrons. The van der Waals surface area contributed by atoms with Crippen LogP contribution in [-0.2, 0) is 6.18 Å². The predicted molar refractivity (Wildman–Crippen MR) is 100 cm³/mol. The van der Waals surface area contributed by atoms with Gasteiger partial charge in [0.2, 0.25) is 5.88 Å². The van der Waals surface area contributed by atoms with E-state index in [1.165, 1.54) is 6.07 Å². The van der Waals surface area contributed by atoms with E-state index in [9.17, 15) is 13.2 Å². The van der Waals surface area contributed by atoms with Crippen LogP contribution in [0.15, 0.2) is 30.6 Å². The second-order valence-electron chi connectivity index (χ2n) is 7.00. The van der Waals surface area contributed by atoms with Crippen molar-refractivity contribution in [1.29, 1.82) is 0 Å². The minimum atomic E-state index is -4.42. The summed E-state index contributed by atoms with van der Waals surface area (Å²) >= 11 is 0. The number of aromatic nitrogens is 3. The van der Waals surface area contributed by atoms with Crippen molar-refractivity contribution in [3.05, 3.63) is 41.9 Å². The number of benzene rings is 1. The van der Waals surface area contributed by atoms with E-state index in [2.05, 4.69) is 26.8 Å². The van der Waals surface area contributed by atoms with Gasteiger partial charge in [0.05, 0.1) is 23.0 Å². The molecule has 0 bridgehead atoms. The third-order valence-electron chi connectivity index (χ3n) is 5.15. The highest BCUT2D eigenvalue weighted by molar-refractivity contribution is 5.96. The van der Waals surface area contributed by atoms with E-state index in [1.807, 2.05) is 0 Å². The first-order valence-electron chi connectivity index (χ1n) is 9.27. The summed E-state index contributed by atoms with van der Waals surface area (Å²) in [6.07, 6.45) is -0.299. The highest BCUT2D eigenvalue weighted by Crippen LogP contribution is 2.37. The molecule has 1 aliphatic heterocycles. The molecule has 3 heterocycles. The van der Waals surface area contributed by atoms with Gasteiger partial charge in [-0.25, -0.2) is 9.97 Å². The van der Waals surface area contributed by atoms with Crippen LogP contribution in [0, 0.1) is 6.92 Å². The zero-order chi connectivity index (χ0) is 19.9. The molecule has 8 heteroatoms. The maximum Gasteiger partial charge on any atom is 0.418 e. The summed E-state index contributed by atoms with van der Waals surface area (Å²) in [4.78, 5) is 14.0. The van der Waals surface area contributed by atoms with Gasteiger partial charge in [0.15, 0.2) is 0 Å². The van der Waals surface area contributed by atoms with E-state index >= 15 is 0 Å². The molecule has 0 amide bonds. The first kappa shape index (κ1) is 18.7. The number of nitrogens with zero attached hydrogens (tertiary/aromatic N) is 3. The molecule has 0 radical (unpaired) electrons. The van der Waals surface area contributed by atoms with Crippen LogP contribution in [0.3, 0.4) is 0 Å². The third-order valence-corrected chi connectivity index (χ3v) is 5.15. The van der Waals surface area contributed by atoms with Crippen LogP contribution >= 0.6 is 0 Å². The van der Waals surface area contributed by atoms with E-state index in [4.69, 9.17) is 4.74 Å². The first-order chi connectivity index (χ1) is 13.4. The summed E-state index contributed by atoms with van der Waals surface area (Å²) in [6.45, 7) is 6.77. The Balaban J connectivity index is 1.63. The van der Waals surface area contributed by atoms with E-state index < -0.39 is 11.7 Å². The highest BCUT2D eigenvalue weighted by atomic mass is 19.4. The van der Waals surface area contributed by atoms with E-state index in [0.29, 0.717) is 28.2 Å². The van der Waals surface area contributed by atoms with Crippen molar-refractivity contribution in [2.45, 2.75) is 32.5 Å². The zero-order valence-corrected chi connectivity index (χ0v) is 15.7. The molecular formula is C20H21F3N4O. The second kappa shape index (κ2) is 7.09. The summed E-state index contributed by atoms with van der Waals surface area (Å²) < 4.78 is 45.7. The molecule has 28 heavy (non-hydrogen) atoms. The van der Waals surface area contributed by atoms with E-state index in [0.717, 1.165) is 32.1 Å². The van der Waals surface area contributed by atoms with Crippen molar-refractivity contribution in [2.24, 2.45) is 0 Å². The van der Waals surface area contributed by atoms with Crippen molar-refractivity contribution < 1.29 is 17.9 Å². The lowest BCUT2D eigenvalue weighted by Crippen LogP contribution is -2.25. The number of nitrogens with one attached hydrogen (secondary N) is 1. The molecular weight excluding hydrogens is 369 g/mol. The first-order valence-corrected chi connectivity index (χ1v) is 9.27. The standard InChI is InChI=1S/C20H21F3N4O/c1-3-27-8-7-13(11-27)28-19-12(2)26-17(10-25-19)15-9-24-18-14(15)5-4-6-16(18)20(21,22)23/h4-6,9-10,13,24H,3,7-8,11H2,1-2H3. The average Bonchev–Trinajstić information content (AvgIpc) is 3.29. The number of rotatable bonds is 4. The largest absolute Gasteiger partial charge is 0.472 e. The minimum absolute atomic E-state index is 0.0513. The van der Waals surface area contributed by atoms with E-state index in [-0.39, 0.29) is 11.6 Å². The SMILES string of the molecule is CCN1CCC(Oc2ncc(-c3c[nH]c4c(C(F)(F)F)cccc34)nc2C)C1. The maximum absolute atomic E-state index is 13.2. The number of H-pyrrole nitrogens is 1. The van der Waals surface area contributed by atoms with Crippen molar-refractivity contribution in [1.82, 2.24) is 19.9 Å². The van der Waals surface area contributed by atoms with Crippen LogP contribution in [0.2, 0.25) is 0 Å². The number of hydrogen-bond acceptors (Lipinski definition) is 4. The molecule has 4 rings (SSSR count). The number of aryl methyl sites for hydroxylation is 1.